The Bertz CT molecular complexity index is 313. The van der Waals surface area contributed by atoms with Crippen molar-refractivity contribution in [3.05, 3.63) is 18.4 Å². The Labute approximate surface area is 88.3 Å². The van der Waals surface area contributed by atoms with E-state index in [0.29, 0.717) is 18.3 Å². The molecular formula is C11H15NO3. The van der Waals surface area contributed by atoms with Gasteiger partial charge in [-0.2, -0.15) is 0 Å². The number of oxazole rings is 1. The first-order valence-corrected chi connectivity index (χ1v) is 5.37. The fraction of sp³-hybridized carbons (Fsp3) is 0.636. The van der Waals surface area contributed by atoms with Crippen molar-refractivity contribution in [2.75, 3.05) is 0 Å². The van der Waals surface area contributed by atoms with Gasteiger partial charge >= 0.3 is 5.97 Å². The second-order valence-corrected chi connectivity index (χ2v) is 4.19. The zero-order chi connectivity index (χ0) is 10.7. The lowest BCUT2D eigenvalue weighted by atomic mass is 9.80. The third-order valence-corrected chi connectivity index (χ3v) is 3.11. The molecule has 1 fully saturated rings. The van der Waals surface area contributed by atoms with Crippen molar-refractivity contribution in [1.82, 2.24) is 4.98 Å². The summed E-state index contributed by atoms with van der Waals surface area (Å²) in [5.74, 6) is 0.858. The molecule has 15 heavy (non-hydrogen) atoms. The lowest BCUT2D eigenvalue weighted by molar-refractivity contribution is -0.138. The quantitative estimate of drug-likeness (QED) is 0.830. The van der Waals surface area contributed by atoms with E-state index in [-0.39, 0.29) is 0 Å². The maximum Gasteiger partial charge on any atom is 0.303 e. The van der Waals surface area contributed by atoms with E-state index in [4.69, 9.17) is 9.52 Å². The highest BCUT2D eigenvalue weighted by Gasteiger charge is 2.26. The number of aliphatic carboxylic acids is 1. The maximum absolute atomic E-state index is 10.5. The average molecular weight is 209 g/mol. The molecule has 0 radical (unpaired) electrons. The lowest BCUT2D eigenvalue weighted by Crippen LogP contribution is -2.16. The summed E-state index contributed by atoms with van der Waals surface area (Å²) in [5, 5.41) is 8.68. The topological polar surface area (TPSA) is 63.3 Å². The molecule has 1 aromatic rings. The second kappa shape index (κ2) is 4.47. The molecule has 1 aliphatic carbocycles. The Hall–Kier alpha value is -1.32. The minimum atomic E-state index is -0.686. The number of nitrogens with zero attached hydrogens (tertiary/aromatic N) is 1. The summed E-state index contributed by atoms with van der Waals surface area (Å²) in [7, 11) is 0. The van der Waals surface area contributed by atoms with Crippen LogP contribution in [0.3, 0.4) is 0 Å². The van der Waals surface area contributed by atoms with Gasteiger partial charge in [0.05, 0.1) is 6.20 Å². The molecule has 1 saturated carbocycles. The summed E-state index contributed by atoms with van der Waals surface area (Å²) >= 11 is 0. The van der Waals surface area contributed by atoms with Crippen molar-refractivity contribution >= 4 is 5.97 Å². The van der Waals surface area contributed by atoms with E-state index in [1.807, 2.05) is 0 Å². The number of carboxylic acids is 1. The first-order chi connectivity index (χ1) is 7.25. The van der Waals surface area contributed by atoms with Crippen molar-refractivity contribution in [3.8, 4) is 0 Å². The Morgan fingerprint density at radius 2 is 2.20 bits per heavy atom. The molecule has 4 heteroatoms. The Kier molecular flexibility index (Phi) is 3.04. The van der Waals surface area contributed by atoms with E-state index in [0.717, 1.165) is 31.6 Å². The van der Waals surface area contributed by atoms with E-state index in [1.54, 1.807) is 12.5 Å². The van der Waals surface area contributed by atoms with Gasteiger partial charge in [-0.15, -0.1) is 0 Å². The third-order valence-electron chi connectivity index (χ3n) is 3.11. The zero-order valence-electron chi connectivity index (χ0n) is 8.56. The third kappa shape index (κ3) is 2.58. The normalized spacial score (nSPS) is 26.4. The molecule has 1 aliphatic rings. The Morgan fingerprint density at radius 3 is 2.73 bits per heavy atom. The molecule has 0 spiro atoms. The number of hydrogen-bond acceptors (Lipinski definition) is 3. The summed E-state index contributed by atoms with van der Waals surface area (Å²) in [4.78, 5) is 14.7. The van der Waals surface area contributed by atoms with Crippen molar-refractivity contribution < 1.29 is 14.3 Å². The molecule has 0 aliphatic heterocycles. The van der Waals surface area contributed by atoms with Gasteiger partial charge in [0.25, 0.3) is 0 Å². The number of carbonyl (C=O) groups is 1. The van der Waals surface area contributed by atoms with Crippen LogP contribution in [0.15, 0.2) is 16.9 Å². The maximum atomic E-state index is 10.5. The van der Waals surface area contributed by atoms with Crippen molar-refractivity contribution in [2.45, 2.75) is 38.0 Å². The van der Waals surface area contributed by atoms with Crippen LogP contribution in [0.2, 0.25) is 0 Å². The predicted octanol–water partition coefficient (Wildman–Crippen LogP) is 2.42. The Morgan fingerprint density at radius 1 is 1.47 bits per heavy atom. The molecule has 0 aromatic carbocycles. The number of rotatable bonds is 3. The smallest absolute Gasteiger partial charge is 0.303 e. The highest BCUT2D eigenvalue weighted by atomic mass is 16.4. The minimum Gasteiger partial charge on any atom is -0.481 e. The summed E-state index contributed by atoms with van der Waals surface area (Å²) in [6, 6.07) is 0. The predicted molar refractivity (Wildman–Crippen MR) is 53.5 cm³/mol. The largest absolute Gasteiger partial charge is 0.481 e. The van der Waals surface area contributed by atoms with Crippen LogP contribution in [-0.4, -0.2) is 16.1 Å². The molecule has 0 saturated heterocycles. The summed E-state index contributed by atoms with van der Waals surface area (Å²) in [6.07, 6.45) is 7.51. The van der Waals surface area contributed by atoms with Gasteiger partial charge in [0, 0.05) is 12.3 Å². The minimum absolute atomic E-state index is 0.304. The van der Waals surface area contributed by atoms with E-state index in [9.17, 15) is 4.79 Å². The fourth-order valence-corrected chi connectivity index (χ4v) is 2.30. The van der Waals surface area contributed by atoms with Crippen LogP contribution < -0.4 is 0 Å². The number of aromatic nitrogens is 1. The van der Waals surface area contributed by atoms with Gasteiger partial charge in [-0.05, 0) is 31.6 Å². The highest BCUT2D eigenvalue weighted by molar-refractivity contribution is 5.67. The van der Waals surface area contributed by atoms with E-state index in [1.165, 1.54) is 0 Å². The van der Waals surface area contributed by atoms with Crippen LogP contribution >= 0.6 is 0 Å². The van der Waals surface area contributed by atoms with Gasteiger partial charge in [0.15, 0.2) is 5.89 Å². The molecule has 0 bridgehead atoms. The van der Waals surface area contributed by atoms with Gasteiger partial charge in [-0.25, -0.2) is 4.98 Å². The monoisotopic (exact) mass is 209 g/mol. The molecule has 1 aromatic heterocycles. The van der Waals surface area contributed by atoms with Crippen LogP contribution in [0.4, 0.5) is 0 Å². The first-order valence-electron chi connectivity index (χ1n) is 5.37. The van der Waals surface area contributed by atoms with Crippen LogP contribution in [0.25, 0.3) is 0 Å². The Balaban J connectivity index is 1.84. The lowest BCUT2D eigenvalue weighted by Gasteiger charge is -2.25. The summed E-state index contributed by atoms with van der Waals surface area (Å²) in [5.41, 5.74) is 0. The number of carboxylic acid groups (broad SMARTS) is 1. The second-order valence-electron chi connectivity index (χ2n) is 4.19. The highest BCUT2D eigenvalue weighted by Crippen LogP contribution is 2.36. The van der Waals surface area contributed by atoms with Gasteiger partial charge in [-0.1, -0.05) is 0 Å². The van der Waals surface area contributed by atoms with E-state index >= 15 is 0 Å². The van der Waals surface area contributed by atoms with Crippen LogP contribution in [0, 0.1) is 5.92 Å². The summed E-state index contributed by atoms with van der Waals surface area (Å²) < 4.78 is 5.26. The fourth-order valence-electron chi connectivity index (χ4n) is 2.30. The molecule has 0 atom stereocenters. The zero-order valence-corrected chi connectivity index (χ0v) is 8.56. The molecule has 82 valence electrons. The van der Waals surface area contributed by atoms with Gasteiger partial charge < -0.3 is 9.52 Å². The van der Waals surface area contributed by atoms with Gasteiger partial charge in [0.2, 0.25) is 0 Å². The SMILES string of the molecule is O=C(O)CC1CCC(c2ncco2)CC1. The van der Waals surface area contributed by atoms with Crippen molar-refractivity contribution in [2.24, 2.45) is 5.92 Å². The summed E-state index contributed by atoms with van der Waals surface area (Å²) in [6.45, 7) is 0. The molecule has 1 N–H and O–H groups in total. The molecule has 4 nitrogen and oxygen atoms in total. The standard InChI is InChI=1S/C11H15NO3/c13-10(14)7-8-1-3-9(4-2-8)11-12-5-6-15-11/h5-6,8-9H,1-4,7H2,(H,13,14). The molecule has 1 heterocycles. The molecule has 0 amide bonds. The van der Waals surface area contributed by atoms with Crippen LogP contribution in [0.5, 0.6) is 0 Å². The van der Waals surface area contributed by atoms with Gasteiger partial charge in [0.1, 0.15) is 6.26 Å². The van der Waals surface area contributed by atoms with E-state index < -0.39 is 5.97 Å². The first kappa shape index (κ1) is 10.2. The van der Waals surface area contributed by atoms with E-state index in [2.05, 4.69) is 4.98 Å². The van der Waals surface area contributed by atoms with Gasteiger partial charge in [-0.3, -0.25) is 4.79 Å². The van der Waals surface area contributed by atoms with Crippen molar-refractivity contribution in [3.63, 3.8) is 0 Å². The van der Waals surface area contributed by atoms with Crippen LogP contribution in [0.1, 0.15) is 43.9 Å². The number of hydrogen-bond donors (Lipinski definition) is 1. The van der Waals surface area contributed by atoms with Crippen molar-refractivity contribution in [1.29, 1.82) is 0 Å². The average Bonchev–Trinajstić information content (AvgIpc) is 2.71. The molecule has 0 unspecified atom stereocenters. The molecular weight excluding hydrogens is 194 g/mol. The molecule has 2 rings (SSSR count). The van der Waals surface area contributed by atoms with Crippen LogP contribution in [-0.2, 0) is 4.79 Å².